The van der Waals surface area contributed by atoms with Gasteiger partial charge in [0.25, 0.3) is 10.1 Å². The maximum Gasteiger partial charge on any atom is 0.298 e. The molecule has 2 rings (SSSR count). The van der Waals surface area contributed by atoms with Crippen LogP contribution in [-0.2, 0) is 16.5 Å². The summed E-state index contributed by atoms with van der Waals surface area (Å²) in [6.07, 6.45) is 16.5. The quantitative estimate of drug-likeness (QED) is 0.197. The van der Waals surface area contributed by atoms with Gasteiger partial charge in [-0.1, -0.05) is 95.8 Å². The van der Waals surface area contributed by atoms with E-state index in [0.29, 0.717) is 0 Å². The predicted octanol–water partition coefficient (Wildman–Crippen LogP) is 7.67. The second-order valence-corrected chi connectivity index (χ2v) is 9.85. The lowest BCUT2D eigenvalue weighted by Gasteiger charge is -2.11. The monoisotopic (exact) mass is 462 g/mol. The molecule has 0 fully saturated rings. The normalized spacial score (nSPS) is 11.6. The minimum Gasteiger partial charge on any atom is -0.504 e. The van der Waals surface area contributed by atoms with Gasteiger partial charge < -0.3 is 9.84 Å². The zero-order chi connectivity index (χ0) is 23.2. The molecule has 5 nitrogen and oxygen atoms in total. The zero-order valence-electron chi connectivity index (χ0n) is 19.3. The summed E-state index contributed by atoms with van der Waals surface area (Å²) >= 11 is 0. The molecule has 6 heteroatoms. The van der Waals surface area contributed by atoms with Crippen molar-refractivity contribution in [2.24, 2.45) is 0 Å². The fourth-order valence-corrected chi connectivity index (χ4v) is 4.46. The molecule has 0 atom stereocenters. The Morgan fingerprint density at radius 2 is 1.31 bits per heavy atom. The van der Waals surface area contributed by atoms with E-state index in [0.717, 1.165) is 18.4 Å². The van der Waals surface area contributed by atoms with Crippen LogP contribution in [0.15, 0.2) is 47.4 Å². The number of hydrogen-bond donors (Lipinski definition) is 2. The van der Waals surface area contributed by atoms with Gasteiger partial charge in [-0.2, -0.15) is 8.42 Å². The van der Waals surface area contributed by atoms with Gasteiger partial charge in [-0.05, 0) is 42.7 Å². The van der Waals surface area contributed by atoms with Crippen molar-refractivity contribution in [1.82, 2.24) is 0 Å². The first kappa shape index (κ1) is 26.2. The van der Waals surface area contributed by atoms with Crippen LogP contribution in [0.1, 0.15) is 89.5 Å². The molecule has 0 saturated carbocycles. The molecule has 0 aromatic heterocycles. The standard InChI is InChI=1S/C26H38O5S/c1-2-3-4-5-6-7-8-9-10-11-12-13-16-22-19-20-24(23(27)21-22)31-25-17-14-15-18-26(25)32(28,29)30/h14-15,17-21,27H,2-13,16H2,1H3,(H,28,29,30). The number of rotatable bonds is 16. The Labute approximate surface area is 193 Å². The molecule has 2 N–H and O–H groups in total. The van der Waals surface area contributed by atoms with Crippen LogP contribution in [0.25, 0.3) is 0 Å². The molecule has 0 spiro atoms. The summed E-state index contributed by atoms with van der Waals surface area (Å²) in [5.41, 5.74) is 1.02. The van der Waals surface area contributed by atoms with E-state index in [1.165, 1.54) is 88.8 Å². The highest BCUT2D eigenvalue weighted by atomic mass is 32.2. The molecule has 2 aromatic carbocycles. The molecule has 32 heavy (non-hydrogen) atoms. The lowest BCUT2D eigenvalue weighted by molar-refractivity contribution is 0.401. The minimum absolute atomic E-state index is 0.0287. The van der Waals surface area contributed by atoms with E-state index in [-0.39, 0.29) is 22.1 Å². The number of phenolic OH excluding ortho intramolecular Hbond substituents is 1. The molecule has 0 aliphatic carbocycles. The predicted molar refractivity (Wildman–Crippen MR) is 129 cm³/mol. The molecular formula is C26H38O5S. The highest BCUT2D eigenvalue weighted by Crippen LogP contribution is 2.34. The van der Waals surface area contributed by atoms with Crippen molar-refractivity contribution in [1.29, 1.82) is 0 Å². The third-order valence-electron chi connectivity index (χ3n) is 5.69. The van der Waals surface area contributed by atoms with Crippen LogP contribution in [0.4, 0.5) is 0 Å². The van der Waals surface area contributed by atoms with Crippen LogP contribution < -0.4 is 4.74 Å². The Bertz CT molecular complexity index is 908. The minimum atomic E-state index is -4.41. The van der Waals surface area contributed by atoms with Crippen LogP contribution in [0.2, 0.25) is 0 Å². The number of benzene rings is 2. The highest BCUT2D eigenvalue weighted by molar-refractivity contribution is 7.86. The van der Waals surface area contributed by atoms with Gasteiger partial charge >= 0.3 is 0 Å². The number of para-hydroxylation sites is 1. The number of aromatic hydroxyl groups is 1. The van der Waals surface area contributed by atoms with Crippen molar-refractivity contribution in [3.05, 3.63) is 48.0 Å². The number of ether oxygens (including phenoxy) is 1. The topological polar surface area (TPSA) is 83.8 Å². The lowest BCUT2D eigenvalue weighted by Crippen LogP contribution is -2.01. The second-order valence-electron chi connectivity index (χ2n) is 8.47. The van der Waals surface area contributed by atoms with Gasteiger partial charge in [0.05, 0.1) is 0 Å². The summed E-state index contributed by atoms with van der Waals surface area (Å²) in [7, 11) is -4.41. The van der Waals surface area contributed by atoms with Crippen LogP contribution in [0.5, 0.6) is 17.2 Å². The Morgan fingerprint density at radius 3 is 1.88 bits per heavy atom. The van der Waals surface area contributed by atoms with Crippen LogP contribution in [0, 0.1) is 0 Å². The first-order valence-corrected chi connectivity index (χ1v) is 13.4. The van der Waals surface area contributed by atoms with E-state index in [4.69, 9.17) is 4.74 Å². The van der Waals surface area contributed by atoms with Crippen molar-refractivity contribution in [3.63, 3.8) is 0 Å². The molecular weight excluding hydrogens is 424 g/mol. The van der Waals surface area contributed by atoms with Crippen molar-refractivity contribution < 1.29 is 22.8 Å². The Hall–Kier alpha value is -2.05. The van der Waals surface area contributed by atoms with Gasteiger partial charge in [0.15, 0.2) is 11.5 Å². The van der Waals surface area contributed by atoms with Crippen LogP contribution in [-0.4, -0.2) is 18.1 Å². The van der Waals surface area contributed by atoms with E-state index < -0.39 is 10.1 Å². The number of hydrogen-bond acceptors (Lipinski definition) is 4. The van der Waals surface area contributed by atoms with E-state index in [1.54, 1.807) is 18.2 Å². The van der Waals surface area contributed by atoms with Gasteiger partial charge in [0.1, 0.15) is 10.6 Å². The summed E-state index contributed by atoms with van der Waals surface area (Å²) in [6, 6.07) is 10.9. The van der Waals surface area contributed by atoms with E-state index in [1.807, 2.05) is 6.07 Å². The average molecular weight is 463 g/mol. The van der Waals surface area contributed by atoms with E-state index in [2.05, 4.69) is 6.92 Å². The zero-order valence-corrected chi connectivity index (χ0v) is 20.1. The van der Waals surface area contributed by atoms with E-state index in [9.17, 15) is 18.1 Å². The molecule has 0 aliphatic rings. The number of phenols is 1. The van der Waals surface area contributed by atoms with Gasteiger partial charge in [0, 0.05) is 0 Å². The summed E-state index contributed by atoms with van der Waals surface area (Å²) in [5.74, 6) is 0.0742. The molecule has 0 unspecified atom stereocenters. The lowest BCUT2D eigenvalue weighted by atomic mass is 10.0. The van der Waals surface area contributed by atoms with Crippen LogP contribution >= 0.6 is 0 Å². The Balaban J connectivity index is 1.68. The molecule has 0 radical (unpaired) electrons. The molecule has 0 amide bonds. The van der Waals surface area contributed by atoms with Crippen molar-refractivity contribution in [2.45, 2.75) is 95.3 Å². The Morgan fingerprint density at radius 1 is 0.750 bits per heavy atom. The molecule has 178 valence electrons. The molecule has 0 heterocycles. The summed E-state index contributed by atoms with van der Waals surface area (Å²) in [6.45, 7) is 2.25. The summed E-state index contributed by atoms with van der Waals surface area (Å²) in [5, 5.41) is 10.3. The molecule has 0 bridgehead atoms. The first-order chi connectivity index (χ1) is 15.4. The second kappa shape index (κ2) is 14.2. The van der Waals surface area contributed by atoms with Gasteiger partial charge in [-0.3, -0.25) is 4.55 Å². The summed E-state index contributed by atoms with van der Waals surface area (Å²) in [4.78, 5) is -0.333. The van der Waals surface area contributed by atoms with Crippen LogP contribution in [0.3, 0.4) is 0 Å². The number of aryl methyl sites for hydroxylation is 1. The SMILES string of the molecule is CCCCCCCCCCCCCCc1ccc(Oc2ccccc2S(=O)(=O)O)c(O)c1. The number of unbranched alkanes of at least 4 members (excludes halogenated alkanes) is 11. The largest absolute Gasteiger partial charge is 0.504 e. The maximum atomic E-state index is 11.5. The van der Waals surface area contributed by atoms with Gasteiger partial charge in [0.2, 0.25) is 0 Å². The Kier molecular flexibility index (Phi) is 11.6. The smallest absolute Gasteiger partial charge is 0.298 e. The highest BCUT2D eigenvalue weighted by Gasteiger charge is 2.17. The van der Waals surface area contributed by atoms with Gasteiger partial charge in [-0.15, -0.1) is 0 Å². The van der Waals surface area contributed by atoms with Crippen molar-refractivity contribution in [2.75, 3.05) is 0 Å². The molecule has 0 aliphatic heterocycles. The third-order valence-corrected chi connectivity index (χ3v) is 6.58. The average Bonchev–Trinajstić information content (AvgIpc) is 2.76. The van der Waals surface area contributed by atoms with Crippen molar-refractivity contribution in [3.8, 4) is 17.2 Å². The fraction of sp³-hybridized carbons (Fsp3) is 0.538. The van der Waals surface area contributed by atoms with E-state index >= 15 is 0 Å². The first-order valence-electron chi connectivity index (χ1n) is 12.0. The third kappa shape index (κ3) is 9.61. The molecule has 2 aromatic rings. The maximum absolute atomic E-state index is 11.5. The molecule has 0 saturated heterocycles. The fourth-order valence-electron chi connectivity index (χ4n) is 3.84. The summed E-state index contributed by atoms with van der Waals surface area (Å²) < 4.78 is 37.9. The van der Waals surface area contributed by atoms with Gasteiger partial charge in [-0.25, -0.2) is 0 Å². The van der Waals surface area contributed by atoms with Crippen molar-refractivity contribution >= 4 is 10.1 Å².